The van der Waals surface area contributed by atoms with Crippen LogP contribution in [0.1, 0.15) is 51.5 Å². The van der Waals surface area contributed by atoms with Crippen molar-refractivity contribution in [3.63, 3.8) is 0 Å². The molecule has 0 spiro atoms. The summed E-state index contributed by atoms with van der Waals surface area (Å²) in [6.45, 7) is 7.84. The van der Waals surface area contributed by atoms with Gasteiger partial charge in [0, 0.05) is 13.2 Å². The van der Waals surface area contributed by atoms with E-state index < -0.39 is 5.60 Å². The second-order valence-corrected chi connectivity index (χ2v) is 7.07. The van der Waals surface area contributed by atoms with Gasteiger partial charge in [-0.2, -0.15) is 0 Å². The van der Waals surface area contributed by atoms with E-state index >= 15 is 0 Å². The van der Waals surface area contributed by atoms with Gasteiger partial charge >= 0.3 is 0 Å². The quantitative estimate of drug-likeness (QED) is 0.783. The van der Waals surface area contributed by atoms with Crippen molar-refractivity contribution in [2.75, 3.05) is 20.2 Å². The molecule has 8 heteroatoms. The minimum Gasteiger partial charge on any atom is -0.368 e. The van der Waals surface area contributed by atoms with Gasteiger partial charge in [-0.15, -0.1) is 24.8 Å². The highest BCUT2D eigenvalue weighted by molar-refractivity contribution is 5.86. The highest BCUT2D eigenvalue weighted by Crippen LogP contribution is 2.27. The standard InChI is InChI=1S/C19H28N4O2.2ClH/c1-13(2)23-16-8-6-5-7-15(16)22-17(23)14(3)21-18(24)19(25-4)9-11-20-12-10-19;;/h5-8,13-14,20H,9-12H2,1-4H3,(H,21,24);2*1H. The molecule has 0 saturated carbocycles. The normalized spacial score (nSPS) is 17.1. The van der Waals surface area contributed by atoms with Crippen molar-refractivity contribution in [3.8, 4) is 0 Å². The Kier molecular flexibility index (Phi) is 8.54. The van der Waals surface area contributed by atoms with Crippen LogP contribution in [0.4, 0.5) is 0 Å². The Labute approximate surface area is 173 Å². The van der Waals surface area contributed by atoms with Crippen molar-refractivity contribution in [2.24, 2.45) is 0 Å². The monoisotopic (exact) mass is 416 g/mol. The van der Waals surface area contributed by atoms with E-state index in [1.807, 2.05) is 25.1 Å². The van der Waals surface area contributed by atoms with Crippen molar-refractivity contribution in [1.82, 2.24) is 20.2 Å². The Balaban J connectivity index is 0.00000182. The van der Waals surface area contributed by atoms with Crippen molar-refractivity contribution < 1.29 is 9.53 Å². The first-order chi connectivity index (χ1) is 12.0. The Hall–Kier alpha value is -1.34. The first-order valence-electron chi connectivity index (χ1n) is 9.02. The van der Waals surface area contributed by atoms with Crippen molar-refractivity contribution in [1.29, 1.82) is 0 Å². The topological polar surface area (TPSA) is 68.2 Å². The van der Waals surface area contributed by atoms with Crippen LogP contribution < -0.4 is 10.6 Å². The highest BCUT2D eigenvalue weighted by Gasteiger charge is 2.40. The second kappa shape index (κ2) is 9.73. The number of methoxy groups -OCH3 is 1. The van der Waals surface area contributed by atoms with Crippen molar-refractivity contribution in [2.45, 2.75) is 51.3 Å². The largest absolute Gasteiger partial charge is 0.368 e. The summed E-state index contributed by atoms with van der Waals surface area (Å²) in [4.78, 5) is 17.7. The van der Waals surface area contributed by atoms with E-state index in [0.717, 1.165) is 29.9 Å². The number of aromatic nitrogens is 2. The molecular weight excluding hydrogens is 387 g/mol. The zero-order valence-electron chi connectivity index (χ0n) is 16.3. The number of imidazole rings is 1. The van der Waals surface area contributed by atoms with Crippen LogP contribution in [-0.2, 0) is 9.53 Å². The van der Waals surface area contributed by atoms with E-state index in [2.05, 4.69) is 35.1 Å². The van der Waals surface area contributed by atoms with Crippen LogP contribution in [-0.4, -0.2) is 41.3 Å². The molecule has 1 saturated heterocycles. The minimum atomic E-state index is -0.742. The zero-order chi connectivity index (χ0) is 18.0. The summed E-state index contributed by atoms with van der Waals surface area (Å²) in [6, 6.07) is 8.16. The average molecular weight is 417 g/mol. The lowest BCUT2D eigenvalue weighted by atomic mass is 9.91. The number of halogens is 2. The lowest BCUT2D eigenvalue weighted by Gasteiger charge is -2.35. The van der Waals surface area contributed by atoms with E-state index in [-0.39, 0.29) is 42.8 Å². The maximum atomic E-state index is 12.9. The Morgan fingerprint density at radius 2 is 1.85 bits per heavy atom. The summed E-state index contributed by atoms with van der Waals surface area (Å²) < 4.78 is 7.83. The molecule has 2 aromatic rings. The molecule has 1 atom stereocenters. The maximum absolute atomic E-state index is 12.9. The number of ether oxygens (including phenoxy) is 1. The molecule has 152 valence electrons. The Morgan fingerprint density at radius 3 is 2.44 bits per heavy atom. The summed E-state index contributed by atoms with van der Waals surface area (Å²) >= 11 is 0. The third-order valence-corrected chi connectivity index (χ3v) is 5.09. The summed E-state index contributed by atoms with van der Waals surface area (Å²) in [5, 5.41) is 6.42. The molecule has 0 aliphatic carbocycles. The zero-order valence-corrected chi connectivity index (χ0v) is 18.0. The fourth-order valence-electron chi connectivity index (χ4n) is 3.66. The SMILES string of the molecule is COC1(C(=O)NC(C)c2nc3ccccc3n2C(C)C)CCNCC1.Cl.Cl. The minimum absolute atomic E-state index is 0. The molecule has 1 aromatic carbocycles. The van der Waals surface area contributed by atoms with E-state index in [0.29, 0.717) is 12.8 Å². The van der Waals surface area contributed by atoms with E-state index in [1.165, 1.54) is 0 Å². The molecule has 3 rings (SSSR count). The number of hydrogen-bond donors (Lipinski definition) is 2. The molecule has 1 amide bonds. The van der Waals surface area contributed by atoms with Gasteiger partial charge in [-0.05, 0) is 58.8 Å². The maximum Gasteiger partial charge on any atom is 0.252 e. The van der Waals surface area contributed by atoms with E-state index in [9.17, 15) is 4.79 Å². The van der Waals surface area contributed by atoms with Gasteiger partial charge in [0.25, 0.3) is 5.91 Å². The molecule has 1 aliphatic heterocycles. The molecule has 1 unspecified atom stereocenters. The van der Waals surface area contributed by atoms with Gasteiger partial charge in [0.2, 0.25) is 0 Å². The highest BCUT2D eigenvalue weighted by atomic mass is 35.5. The molecule has 1 aromatic heterocycles. The number of fused-ring (bicyclic) bond motifs is 1. The number of para-hydroxylation sites is 2. The van der Waals surface area contributed by atoms with Crippen LogP contribution in [0.25, 0.3) is 11.0 Å². The van der Waals surface area contributed by atoms with Crippen LogP contribution in [0.2, 0.25) is 0 Å². The molecule has 0 radical (unpaired) electrons. The van der Waals surface area contributed by atoms with Crippen LogP contribution in [0.5, 0.6) is 0 Å². The molecule has 1 aliphatic rings. The van der Waals surface area contributed by atoms with Gasteiger partial charge in [0.05, 0.1) is 17.1 Å². The smallest absolute Gasteiger partial charge is 0.252 e. The number of rotatable bonds is 5. The lowest BCUT2D eigenvalue weighted by Crippen LogP contribution is -2.54. The third kappa shape index (κ3) is 4.57. The van der Waals surface area contributed by atoms with Gasteiger partial charge in [0.15, 0.2) is 0 Å². The molecule has 27 heavy (non-hydrogen) atoms. The number of hydrogen-bond acceptors (Lipinski definition) is 4. The third-order valence-electron chi connectivity index (χ3n) is 5.09. The van der Waals surface area contributed by atoms with Crippen molar-refractivity contribution >= 4 is 41.8 Å². The predicted octanol–water partition coefficient (Wildman–Crippen LogP) is 3.41. The van der Waals surface area contributed by atoms with Gasteiger partial charge in [0.1, 0.15) is 11.4 Å². The number of amides is 1. The first-order valence-corrected chi connectivity index (χ1v) is 9.02. The number of carbonyl (C=O) groups excluding carboxylic acids is 1. The van der Waals surface area contributed by atoms with E-state index in [1.54, 1.807) is 7.11 Å². The second-order valence-electron chi connectivity index (χ2n) is 7.07. The number of nitrogens with zero attached hydrogens (tertiary/aromatic N) is 2. The number of carbonyl (C=O) groups is 1. The van der Waals surface area contributed by atoms with Gasteiger partial charge in [-0.3, -0.25) is 4.79 Å². The van der Waals surface area contributed by atoms with Crippen LogP contribution in [0, 0.1) is 0 Å². The summed E-state index contributed by atoms with van der Waals surface area (Å²) in [7, 11) is 1.62. The average Bonchev–Trinajstić information content (AvgIpc) is 3.02. The molecule has 0 bridgehead atoms. The fraction of sp³-hybridized carbons (Fsp3) is 0.579. The van der Waals surface area contributed by atoms with Crippen molar-refractivity contribution in [3.05, 3.63) is 30.1 Å². The Morgan fingerprint density at radius 1 is 1.22 bits per heavy atom. The van der Waals surface area contributed by atoms with Crippen LogP contribution in [0.3, 0.4) is 0 Å². The van der Waals surface area contributed by atoms with Crippen LogP contribution >= 0.6 is 24.8 Å². The fourth-order valence-corrected chi connectivity index (χ4v) is 3.66. The number of benzene rings is 1. The van der Waals surface area contributed by atoms with Crippen LogP contribution in [0.15, 0.2) is 24.3 Å². The Bertz CT molecular complexity index is 757. The molecule has 2 heterocycles. The van der Waals surface area contributed by atoms with Gasteiger partial charge in [-0.25, -0.2) is 4.98 Å². The summed E-state index contributed by atoms with van der Waals surface area (Å²) in [6.07, 6.45) is 1.37. The van der Waals surface area contributed by atoms with E-state index in [4.69, 9.17) is 9.72 Å². The molecule has 1 fully saturated rings. The molecular formula is C19H30Cl2N4O2. The lowest BCUT2D eigenvalue weighted by molar-refractivity contribution is -0.147. The van der Waals surface area contributed by atoms with Gasteiger partial charge < -0.3 is 19.9 Å². The number of piperidine rings is 1. The molecule has 6 nitrogen and oxygen atoms in total. The van der Waals surface area contributed by atoms with Gasteiger partial charge in [-0.1, -0.05) is 12.1 Å². The first kappa shape index (κ1) is 23.7. The number of nitrogens with one attached hydrogen (secondary N) is 2. The summed E-state index contributed by atoms with van der Waals surface area (Å²) in [5.41, 5.74) is 1.31. The molecule has 2 N–H and O–H groups in total. The summed E-state index contributed by atoms with van der Waals surface area (Å²) in [5.74, 6) is 0.830. The predicted molar refractivity (Wildman–Crippen MR) is 113 cm³/mol.